The maximum absolute atomic E-state index is 5.66. The molecule has 3 nitrogen and oxygen atoms in total. The monoisotopic (exact) mass is 232 g/mol. The van der Waals surface area contributed by atoms with Crippen molar-refractivity contribution in [3.05, 3.63) is 0 Å². The lowest BCUT2D eigenvalue weighted by Crippen LogP contribution is -2.22. The minimum Gasteiger partial charge on any atom is -0.367 e. The van der Waals surface area contributed by atoms with Gasteiger partial charge in [0.05, 0.1) is 6.61 Å². The van der Waals surface area contributed by atoms with E-state index >= 15 is 0 Å². The average molecular weight is 232 g/mol. The lowest BCUT2D eigenvalue weighted by Gasteiger charge is -2.22. The van der Waals surface area contributed by atoms with Gasteiger partial charge in [-0.2, -0.15) is 0 Å². The molecule has 2 saturated heterocycles. The fourth-order valence-electron chi connectivity index (χ4n) is 1.88. The van der Waals surface area contributed by atoms with Crippen LogP contribution in [0, 0.1) is 0 Å². The Morgan fingerprint density at radius 3 is 2.93 bits per heavy atom. The molecule has 2 atom stereocenters. The maximum atomic E-state index is 5.66. The number of thioether (sulfide) groups is 1. The highest BCUT2D eigenvalue weighted by molar-refractivity contribution is 7.99. The zero-order chi connectivity index (χ0) is 10.3. The van der Waals surface area contributed by atoms with E-state index in [0.29, 0.717) is 5.44 Å². The smallest absolute Gasteiger partial charge is 0.157 e. The van der Waals surface area contributed by atoms with Gasteiger partial charge in [0.25, 0.3) is 0 Å². The van der Waals surface area contributed by atoms with Gasteiger partial charge in [0, 0.05) is 19.0 Å². The number of rotatable bonds is 5. The van der Waals surface area contributed by atoms with Crippen molar-refractivity contribution in [2.75, 3.05) is 25.6 Å². The molecule has 0 radical (unpaired) electrons. The van der Waals surface area contributed by atoms with Gasteiger partial charge in [-0.15, -0.1) is 11.8 Å². The Morgan fingerprint density at radius 2 is 2.20 bits per heavy atom. The summed E-state index contributed by atoms with van der Waals surface area (Å²) in [6.07, 6.45) is 5.75. The lowest BCUT2D eigenvalue weighted by atomic mass is 10.2. The first-order chi connectivity index (χ1) is 7.45. The zero-order valence-corrected chi connectivity index (χ0v) is 9.97. The molecular weight excluding hydrogens is 212 g/mol. The standard InChI is InChI=1S/C11H20O3S/c1-2-6-12-10(4-1)13-7-3-5-11-14-8-9-15-11/h10-11H,1-9H2. The van der Waals surface area contributed by atoms with Gasteiger partial charge in [0.2, 0.25) is 0 Å². The largest absolute Gasteiger partial charge is 0.367 e. The van der Waals surface area contributed by atoms with Gasteiger partial charge in [-0.25, -0.2) is 0 Å². The summed E-state index contributed by atoms with van der Waals surface area (Å²) in [5, 5.41) is 0. The Hall–Kier alpha value is 0.230. The Bertz CT molecular complexity index is 165. The predicted octanol–water partition coefficient (Wildman–Crippen LogP) is 2.40. The second-order valence-corrected chi connectivity index (χ2v) is 5.25. The molecule has 0 aliphatic carbocycles. The Kier molecular flexibility index (Phi) is 5.26. The molecule has 2 fully saturated rings. The van der Waals surface area contributed by atoms with Gasteiger partial charge in [0.15, 0.2) is 6.29 Å². The molecule has 2 aliphatic heterocycles. The van der Waals surface area contributed by atoms with Crippen LogP contribution in [0.1, 0.15) is 32.1 Å². The van der Waals surface area contributed by atoms with Crippen LogP contribution in [0.5, 0.6) is 0 Å². The van der Waals surface area contributed by atoms with Crippen molar-refractivity contribution in [1.29, 1.82) is 0 Å². The first-order valence-electron chi connectivity index (χ1n) is 5.91. The van der Waals surface area contributed by atoms with Gasteiger partial charge < -0.3 is 14.2 Å². The van der Waals surface area contributed by atoms with Crippen molar-refractivity contribution in [3.63, 3.8) is 0 Å². The van der Waals surface area contributed by atoms with E-state index in [9.17, 15) is 0 Å². The van der Waals surface area contributed by atoms with Crippen LogP contribution in [0.3, 0.4) is 0 Å². The summed E-state index contributed by atoms with van der Waals surface area (Å²) in [6, 6.07) is 0. The predicted molar refractivity (Wildman–Crippen MR) is 61.0 cm³/mol. The molecule has 0 saturated carbocycles. The van der Waals surface area contributed by atoms with Crippen molar-refractivity contribution in [2.45, 2.75) is 43.8 Å². The first kappa shape index (κ1) is 11.7. The molecule has 0 spiro atoms. The molecule has 2 aliphatic rings. The molecule has 15 heavy (non-hydrogen) atoms. The molecule has 0 bridgehead atoms. The zero-order valence-electron chi connectivity index (χ0n) is 9.15. The molecule has 0 aromatic carbocycles. The van der Waals surface area contributed by atoms with E-state index in [1.807, 2.05) is 11.8 Å². The van der Waals surface area contributed by atoms with Crippen molar-refractivity contribution in [3.8, 4) is 0 Å². The van der Waals surface area contributed by atoms with Crippen LogP contribution in [-0.4, -0.2) is 37.3 Å². The van der Waals surface area contributed by atoms with E-state index in [-0.39, 0.29) is 6.29 Å². The van der Waals surface area contributed by atoms with Gasteiger partial charge in [-0.05, 0) is 32.1 Å². The Balaban J connectivity index is 1.47. The molecule has 2 unspecified atom stereocenters. The summed E-state index contributed by atoms with van der Waals surface area (Å²) in [6.45, 7) is 2.60. The van der Waals surface area contributed by atoms with Gasteiger partial charge in [-0.1, -0.05) is 0 Å². The van der Waals surface area contributed by atoms with Gasteiger partial charge in [0.1, 0.15) is 5.44 Å². The summed E-state index contributed by atoms with van der Waals surface area (Å²) in [5.41, 5.74) is 0.417. The Morgan fingerprint density at radius 1 is 1.20 bits per heavy atom. The SMILES string of the molecule is C1CCC(OCCCC2OCCS2)OC1. The normalized spacial score (nSPS) is 32.0. The third kappa shape index (κ3) is 4.31. The van der Waals surface area contributed by atoms with Gasteiger partial charge >= 0.3 is 0 Å². The second-order valence-electron chi connectivity index (χ2n) is 3.98. The summed E-state index contributed by atoms with van der Waals surface area (Å²) >= 11 is 1.92. The average Bonchev–Trinajstić information content (AvgIpc) is 2.79. The van der Waals surface area contributed by atoms with E-state index in [2.05, 4.69) is 0 Å². The Labute approximate surface area is 95.8 Å². The van der Waals surface area contributed by atoms with E-state index in [4.69, 9.17) is 14.2 Å². The highest BCUT2D eigenvalue weighted by Crippen LogP contribution is 2.23. The first-order valence-corrected chi connectivity index (χ1v) is 6.96. The third-order valence-electron chi connectivity index (χ3n) is 2.72. The fraction of sp³-hybridized carbons (Fsp3) is 1.00. The fourth-order valence-corrected chi connectivity index (χ4v) is 2.86. The summed E-state index contributed by atoms with van der Waals surface area (Å²) in [5.74, 6) is 1.15. The molecule has 2 rings (SSSR count). The van der Waals surface area contributed by atoms with Crippen LogP contribution in [0.25, 0.3) is 0 Å². The second kappa shape index (κ2) is 6.74. The van der Waals surface area contributed by atoms with Crippen LogP contribution in [0.2, 0.25) is 0 Å². The van der Waals surface area contributed by atoms with Crippen molar-refractivity contribution in [1.82, 2.24) is 0 Å². The summed E-state index contributed by atoms with van der Waals surface area (Å²) in [7, 11) is 0. The number of hydrogen-bond donors (Lipinski definition) is 0. The van der Waals surface area contributed by atoms with E-state index in [1.54, 1.807) is 0 Å². The maximum Gasteiger partial charge on any atom is 0.157 e. The summed E-state index contributed by atoms with van der Waals surface area (Å²) in [4.78, 5) is 0. The molecule has 0 aromatic heterocycles. The van der Waals surface area contributed by atoms with E-state index < -0.39 is 0 Å². The number of hydrogen-bond acceptors (Lipinski definition) is 4. The molecular formula is C11H20O3S. The highest BCUT2D eigenvalue weighted by Gasteiger charge is 2.17. The van der Waals surface area contributed by atoms with Crippen LogP contribution in [0.15, 0.2) is 0 Å². The van der Waals surface area contributed by atoms with E-state index in [1.165, 1.54) is 12.8 Å². The highest BCUT2D eigenvalue weighted by atomic mass is 32.2. The van der Waals surface area contributed by atoms with E-state index in [0.717, 1.165) is 44.8 Å². The molecule has 0 aromatic rings. The van der Waals surface area contributed by atoms with Crippen LogP contribution < -0.4 is 0 Å². The molecule has 0 amide bonds. The van der Waals surface area contributed by atoms with Crippen molar-refractivity contribution in [2.24, 2.45) is 0 Å². The topological polar surface area (TPSA) is 27.7 Å². The molecule has 88 valence electrons. The van der Waals surface area contributed by atoms with Crippen LogP contribution in [-0.2, 0) is 14.2 Å². The third-order valence-corrected chi connectivity index (χ3v) is 3.86. The van der Waals surface area contributed by atoms with Crippen LogP contribution in [0.4, 0.5) is 0 Å². The summed E-state index contributed by atoms with van der Waals surface area (Å²) < 4.78 is 16.7. The molecule has 0 N–H and O–H groups in total. The minimum atomic E-state index is 0.0656. The van der Waals surface area contributed by atoms with Crippen molar-refractivity contribution < 1.29 is 14.2 Å². The molecule has 4 heteroatoms. The lowest BCUT2D eigenvalue weighted by molar-refractivity contribution is -0.163. The van der Waals surface area contributed by atoms with Gasteiger partial charge in [-0.3, -0.25) is 0 Å². The van der Waals surface area contributed by atoms with Crippen LogP contribution >= 0.6 is 11.8 Å². The molecule has 2 heterocycles. The number of ether oxygens (including phenoxy) is 3. The van der Waals surface area contributed by atoms with Crippen molar-refractivity contribution >= 4 is 11.8 Å². The minimum absolute atomic E-state index is 0.0656. The quantitative estimate of drug-likeness (QED) is 0.680.